The molecule has 0 N–H and O–H groups in total. The van der Waals surface area contributed by atoms with E-state index in [2.05, 4.69) is 4.74 Å². The van der Waals surface area contributed by atoms with Gasteiger partial charge in [-0.15, -0.1) is 0 Å². The minimum Gasteiger partial charge on any atom is -0.467 e. The lowest BCUT2D eigenvalue weighted by Crippen LogP contribution is -2.37. The van der Waals surface area contributed by atoms with E-state index < -0.39 is 12.1 Å². The first-order chi connectivity index (χ1) is 7.81. The first kappa shape index (κ1) is 10.7. The van der Waals surface area contributed by atoms with Crippen molar-refractivity contribution in [1.82, 2.24) is 0 Å². The van der Waals surface area contributed by atoms with E-state index in [-0.39, 0.29) is 0 Å². The number of anilines is 1. The van der Waals surface area contributed by atoms with Crippen LogP contribution in [0.15, 0.2) is 42.5 Å². The van der Waals surface area contributed by atoms with Crippen molar-refractivity contribution in [3.63, 3.8) is 0 Å². The molecule has 4 heteroatoms. The molecule has 1 atom stereocenters. The third kappa shape index (κ3) is 2.23. The number of ether oxygens (including phenoxy) is 1. The third-order valence-electron chi connectivity index (χ3n) is 2.30. The number of esters is 1. The molecule has 1 aliphatic heterocycles. The standard InChI is InChI=1S/C12H13NO3/c1-15-12(14)11-8-5-9-13(16-11)10-6-3-2-4-7-10/h2-8,11H,9H2,1H3. The molecule has 0 aliphatic carbocycles. The minimum atomic E-state index is -0.654. The van der Waals surface area contributed by atoms with Crippen molar-refractivity contribution in [1.29, 1.82) is 0 Å². The number of methoxy groups -OCH3 is 1. The van der Waals surface area contributed by atoms with Gasteiger partial charge in [0.25, 0.3) is 0 Å². The van der Waals surface area contributed by atoms with Crippen LogP contribution in [0, 0.1) is 0 Å². The van der Waals surface area contributed by atoms with Gasteiger partial charge >= 0.3 is 5.97 Å². The van der Waals surface area contributed by atoms with Gasteiger partial charge in [0.05, 0.1) is 19.3 Å². The maximum atomic E-state index is 11.3. The van der Waals surface area contributed by atoms with Crippen LogP contribution in [0.1, 0.15) is 0 Å². The van der Waals surface area contributed by atoms with Crippen LogP contribution in [-0.2, 0) is 14.4 Å². The maximum absolute atomic E-state index is 11.3. The second-order valence-electron chi connectivity index (χ2n) is 3.37. The fourth-order valence-electron chi connectivity index (χ4n) is 1.49. The summed E-state index contributed by atoms with van der Waals surface area (Å²) in [6, 6.07) is 9.62. The molecule has 84 valence electrons. The molecule has 2 rings (SSSR count). The molecule has 1 unspecified atom stereocenters. The Morgan fingerprint density at radius 1 is 1.44 bits per heavy atom. The highest BCUT2D eigenvalue weighted by Crippen LogP contribution is 2.18. The normalized spacial score (nSPS) is 19.6. The number of rotatable bonds is 2. The van der Waals surface area contributed by atoms with Gasteiger partial charge in [0.2, 0.25) is 6.10 Å². The summed E-state index contributed by atoms with van der Waals surface area (Å²) in [5.74, 6) is -0.392. The first-order valence-corrected chi connectivity index (χ1v) is 5.05. The van der Waals surface area contributed by atoms with Crippen LogP contribution in [0.2, 0.25) is 0 Å². The average molecular weight is 219 g/mol. The highest BCUT2D eigenvalue weighted by Gasteiger charge is 2.23. The molecule has 16 heavy (non-hydrogen) atoms. The Balaban J connectivity index is 2.10. The molecule has 0 spiro atoms. The smallest absolute Gasteiger partial charge is 0.341 e. The van der Waals surface area contributed by atoms with E-state index in [1.54, 1.807) is 11.1 Å². The number of benzene rings is 1. The lowest BCUT2D eigenvalue weighted by molar-refractivity contribution is -0.152. The average Bonchev–Trinajstić information content (AvgIpc) is 2.39. The van der Waals surface area contributed by atoms with Crippen molar-refractivity contribution in [3.05, 3.63) is 42.5 Å². The maximum Gasteiger partial charge on any atom is 0.341 e. The number of hydrogen-bond acceptors (Lipinski definition) is 4. The van der Waals surface area contributed by atoms with Crippen molar-refractivity contribution in [3.8, 4) is 0 Å². The summed E-state index contributed by atoms with van der Waals surface area (Å²) in [5, 5.41) is 1.67. The van der Waals surface area contributed by atoms with Gasteiger partial charge < -0.3 is 4.74 Å². The van der Waals surface area contributed by atoms with Gasteiger partial charge in [0, 0.05) is 0 Å². The fraction of sp³-hybridized carbons (Fsp3) is 0.250. The van der Waals surface area contributed by atoms with Crippen molar-refractivity contribution < 1.29 is 14.4 Å². The first-order valence-electron chi connectivity index (χ1n) is 5.05. The third-order valence-corrected chi connectivity index (χ3v) is 2.30. The van der Waals surface area contributed by atoms with Gasteiger partial charge in [0.1, 0.15) is 0 Å². The number of para-hydroxylation sites is 1. The molecule has 1 aromatic rings. The molecular weight excluding hydrogens is 206 g/mol. The van der Waals surface area contributed by atoms with Gasteiger partial charge in [-0.3, -0.25) is 4.84 Å². The Kier molecular flexibility index (Phi) is 3.22. The predicted octanol–water partition coefficient (Wildman–Crippen LogP) is 1.54. The SMILES string of the molecule is COC(=O)C1C=CCN(c2ccccc2)O1. The van der Waals surface area contributed by atoms with Gasteiger partial charge in [0.15, 0.2) is 0 Å². The van der Waals surface area contributed by atoms with Crippen LogP contribution in [-0.4, -0.2) is 25.7 Å². The quantitative estimate of drug-likeness (QED) is 0.558. The number of carbonyl (C=O) groups is 1. The van der Waals surface area contributed by atoms with E-state index >= 15 is 0 Å². The number of hydroxylamine groups is 1. The summed E-state index contributed by atoms with van der Waals surface area (Å²) in [4.78, 5) is 16.8. The van der Waals surface area contributed by atoms with Crippen molar-refractivity contribution in [2.75, 3.05) is 18.7 Å². The molecule has 4 nitrogen and oxygen atoms in total. The predicted molar refractivity (Wildman–Crippen MR) is 59.8 cm³/mol. The monoisotopic (exact) mass is 219 g/mol. The lowest BCUT2D eigenvalue weighted by Gasteiger charge is -2.28. The van der Waals surface area contributed by atoms with E-state index in [9.17, 15) is 4.79 Å². The molecule has 0 aromatic heterocycles. The second-order valence-corrected chi connectivity index (χ2v) is 3.37. The van der Waals surface area contributed by atoms with E-state index in [1.807, 2.05) is 36.4 Å². The second kappa shape index (κ2) is 4.81. The summed E-state index contributed by atoms with van der Waals surface area (Å²) in [5.41, 5.74) is 0.917. The number of nitrogens with zero attached hydrogens (tertiary/aromatic N) is 1. The molecule has 0 fully saturated rings. The Labute approximate surface area is 94.0 Å². The van der Waals surface area contributed by atoms with Crippen LogP contribution >= 0.6 is 0 Å². The molecule has 0 radical (unpaired) electrons. The van der Waals surface area contributed by atoms with Crippen LogP contribution < -0.4 is 5.06 Å². The zero-order chi connectivity index (χ0) is 11.4. The molecule has 1 heterocycles. The fourth-order valence-corrected chi connectivity index (χ4v) is 1.49. The van der Waals surface area contributed by atoms with Gasteiger partial charge in [-0.2, -0.15) is 0 Å². The van der Waals surface area contributed by atoms with Gasteiger partial charge in [-0.1, -0.05) is 24.3 Å². The van der Waals surface area contributed by atoms with Gasteiger partial charge in [-0.25, -0.2) is 9.86 Å². The molecule has 0 saturated heterocycles. The highest BCUT2D eigenvalue weighted by molar-refractivity contribution is 5.77. The largest absolute Gasteiger partial charge is 0.467 e. The van der Waals surface area contributed by atoms with Crippen molar-refractivity contribution in [2.45, 2.75) is 6.10 Å². The van der Waals surface area contributed by atoms with Crippen molar-refractivity contribution >= 4 is 11.7 Å². The van der Waals surface area contributed by atoms with Crippen LogP contribution in [0.3, 0.4) is 0 Å². The topological polar surface area (TPSA) is 38.8 Å². The molecule has 1 aliphatic rings. The lowest BCUT2D eigenvalue weighted by atomic mass is 10.2. The zero-order valence-electron chi connectivity index (χ0n) is 9.00. The van der Waals surface area contributed by atoms with Crippen LogP contribution in [0.4, 0.5) is 5.69 Å². The van der Waals surface area contributed by atoms with Crippen LogP contribution in [0.5, 0.6) is 0 Å². The summed E-state index contributed by atoms with van der Waals surface area (Å²) in [7, 11) is 1.35. The Morgan fingerprint density at radius 2 is 2.19 bits per heavy atom. The Bertz CT molecular complexity index is 389. The Hall–Kier alpha value is -1.81. The van der Waals surface area contributed by atoms with E-state index in [0.29, 0.717) is 6.54 Å². The van der Waals surface area contributed by atoms with Crippen molar-refractivity contribution in [2.24, 2.45) is 0 Å². The van der Waals surface area contributed by atoms with Gasteiger partial charge in [-0.05, 0) is 18.2 Å². The molecule has 0 bridgehead atoms. The molecular formula is C12H13NO3. The molecule has 0 amide bonds. The summed E-state index contributed by atoms with van der Waals surface area (Å²) in [6.07, 6.45) is 2.93. The molecule has 0 saturated carbocycles. The van der Waals surface area contributed by atoms with E-state index in [1.165, 1.54) is 7.11 Å². The highest BCUT2D eigenvalue weighted by atomic mass is 16.7. The van der Waals surface area contributed by atoms with E-state index in [4.69, 9.17) is 4.84 Å². The van der Waals surface area contributed by atoms with E-state index in [0.717, 1.165) is 5.69 Å². The minimum absolute atomic E-state index is 0.392. The Morgan fingerprint density at radius 3 is 2.88 bits per heavy atom. The zero-order valence-corrected chi connectivity index (χ0v) is 9.00. The summed E-state index contributed by atoms with van der Waals surface area (Å²) in [6.45, 7) is 0.623. The summed E-state index contributed by atoms with van der Waals surface area (Å²) >= 11 is 0. The number of hydrogen-bond donors (Lipinski definition) is 0. The summed E-state index contributed by atoms with van der Waals surface area (Å²) < 4.78 is 4.63. The van der Waals surface area contributed by atoms with Crippen LogP contribution in [0.25, 0.3) is 0 Å². The number of carbonyl (C=O) groups excluding carboxylic acids is 1. The molecule has 1 aromatic carbocycles.